The summed E-state index contributed by atoms with van der Waals surface area (Å²) in [5.41, 5.74) is -13.7. The number of alkyl halides is 6. The summed E-state index contributed by atoms with van der Waals surface area (Å²) in [6, 6.07) is 8.54. The molecule has 0 atom stereocenters. The first-order valence-corrected chi connectivity index (χ1v) is 21.2. The van der Waals surface area contributed by atoms with Crippen LogP contribution in [0.5, 0.6) is 23.5 Å². The van der Waals surface area contributed by atoms with Crippen molar-refractivity contribution < 1.29 is 74.6 Å². The van der Waals surface area contributed by atoms with Crippen molar-refractivity contribution in [3.05, 3.63) is 86.3 Å². The van der Waals surface area contributed by atoms with Gasteiger partial charge in [-0.1, -0.05) is 46.4 Å². The van der Waals surface area contributed by atoms with Gasteiger partial charge in [0.05, 0.1) is 30.0 Å². The molecule has 5 rings (SSSR count). The van der Waals surface area contributed by atoms with Gasteiger partial charge >= 0.3 is 17.0 Å². The molecular weight excluding hydrogens is 962 g/mol. The van der Waals surface area contributed by atoms with E-state index in [0.717, 1.165) is 50.6 Å². The Labute approximate surface area is 347 Å². The summed E-state index contributed by atoms with van der Waals surface area (Å²) in [5, 5.41) is -1.23. The van der Waals surface area contributed by atoms with E-state index >= 15 is 0 Å². The average Bonchev–Trinajstić information content (AvgIpc) is 3.11. The zero-order valence-corrected chi connectivity index (χ0v) is 34.4. The van der Waals surface area contributed by atoms with E-state index in [9.17, 15) is 60.4 Å². The van der Waals surface area contributed by atoms with Crippen LogP contribution < -0.4 is 14.2 Å². The highest BCUT2D eigenvalue weighted by atomic mass is 35.5. The molecule has 0 aliphatic carbocycles. The van der Waals surface area contributed by atoms with Crippen LogP contribution in [0, 0.1) is 11.6 Å². The molecule has 0 fully saturated rings. The molecule has 0 bridgehead atoms. The summed E-state index contributed by atoms with van der Waals surface area (Å²) in [4.78, 5) is 11.2. The normalized spacial score (nSPS) is 12.4. The number of aromatic nitrogens is 4. The van der Waals surface area contributed by atoms with E-state index in [2.05, 4.69) is 24.7 Å². The van der Waals surface area contributed by atoms with Crippen molar-refractivity contribution in [2.45, 2.75) is 26.0 Å². The molecular formula is C31H18Cl4F8N4O9S3. The molecule has 28 heteroatoms. The number of nitrogens with zero attached hydrogens (tertiary/aromatic N) is 4. The molecule has 0 spiro atoms. The van der Waals surface area contributed by atoms with Gasteiger partial charge in [0.25, 0.3) is 24.8 Å². The third-order valence-corrected chi connectivity index (χ3v) is 11.9. The second-order valence-corrected chi connectivity index (χ2v) is 18.3. The highest BCUT2D eigenvalue weighted by Crippen LogP contribution is 2.45. The molecule has 0 unspecified atom stereocenters. The van der Waals surface area contributed by atoms with Gasteiger partial charge in [0.2, 0.25) is 21.6 Å². The Morgan fingerprint density at radius 3 is 1.41 bits per heavy atom. The van der Waals surface area contributed by atoms with Crippen LogP contribution >= 0.6 is 46.4 Å². The summed E-state index contributed by atoms with van der Waals surface area (Å²) in [6.07, 6.45) is 0.687. The summed E-state index contributed by atoms with van der Waals surface area (Å²) in [7, 11) is -14.5. The van der Waals surface area contributed by atoms with Gasteiger partial charge in [-0.3, -0.25) is 0 Å². The van der Waals surface area contributed by atoms with Crippen LogP contribution in [0.25, 0.3) is 22.5 Å². The zero-order chi connectivity index (χ0) is 44.6. The minimum atomic E-state index is -6.03. The molecule has 0 aliphatic heterocycles. The van der Waals surface area contributed by atoms with Gasteiger partial charge in [0.15, 0.2) is 21.4 Å². The Bertz CT molecular complexity index is 2800. The zero-order valence-electron chi connectivity index (χ0n) is 28.9. The molecule has 0 radical (unpaired) electrons. The second-order valence-electron chi connectivity index (χ2n) is 11.0. The Morgan fingerprint density at radius 2 is 1.02 bits per heavy atom. The Hall–Kier alpha value is -4.33. The lowest BCUT2D eigenvalue weighted by atomic mass is 10.1. The lowest BCUT2D eigenvalue weighted by Gasteiger charge is -2.17. The summed E-state index contributed by atoms with van der Waals surface area (Å²) >= 11 is 23.5. The quantitative estimate of drug-likeness (QED) is 0.101. The highest BCUT2D eigenvalue weighted by Gasteiger charge is 2.52. The van der Waals surface area contributed by atoms with Gasteiger partial charge in [0, 0.05) is 33.5 Å². The van der Waals surface area contributed by atoms with Crippen molar-refractivity contribution >= 4 is 75.9 Å². The number of benzene rings is 3. The Balaban J connectivity index is 0.000000265. The number of halogens is 12. The maximum absolute atomic E-state index is 13.5. The molecule has 3 aromatic carbocycles. The SMILES string of the molecule is COc1nc(Oc2ccc(F)c(F)c2)nc(-c2ccc(Cl)cc2Cl)c1S(=O)(=O)C(F)(F)F.COc1nc(S(C)(=O)=O)nc(-c2ccc(Cl)cc2Cl)c1S(=O)(=O)C(F)(F)F. The topological polar surface area (TPSA) is 182 Å². The fraction of sp³-hybridized carbons (Fsp3) is 0.161. The van der Waals surface area contributed by atoms with E-state index in [0.29, 0.717) is 12.3 Å². The van der Waals surface area contributed by atoms with Gasteiger partial charge in [-0.05, 0) is 48.5 Å². The fourth-order valence-corrected chi connectivity index (χ4v) is 7.90. The average molecular weight is 981 g/mol. The van der Waals surface area contributed by atoms with Crippen LogP contribution in [0.1, 0.15) is 0 Å². The molecule has 13 nitrogen and oxygen atoms in total. The predicted octanol–water partition coefficient (Wildman–Crippen LogP) is 8.98. The number of hydrogen-bond acceptors (Lipinski definition) is 13. The number of hydrogen-bond donors (Lipinski definition) is 0. The van der Waals surface area contributed by atoms with Gasteiger partial charge in [-0.25, -0.2) is 39.0 Å². The van der Waals surface area contributed by atoms with Gasteiger partial charge in [0.1, 0.15) is 11.4 Å². The fourth-order valence-electron chi connectivity index (χ4n) is 4.40. The van der Waals surface area contributed by atoms with E-state index in [-0.39, 0.29) is 37.0 Å². The third kappa shape index (κ3) is 10.2. The molecule has 0 N–H and O–H groups in total. The van der Waals surface area contributed by atoms with Crippen LogP contribution in [0.4, 0.5) is 35.1 Å². The summed E-state index contributed by atoms with van der Waals surface area (Å²) in [6.45, 7) is 0. The standard InChI is InChI=1S/C18H9Cl2F5N2O4S.C13H9Cl2F3N2O5S2/c1-30-16-15(32(28,29)18(23,24)25)14(10-4-2-8(19)6-11(10)20)26-17(27-16)31-9-3-5-12(21)13(22)7-9;1-25-11-10(27(23,24)13(16,17)18)9(19-12(20-11)26(2,21)22)7-4-3-6(14)5-8(7)15/h2-7H,1H3;3-5H,1-2H3. The predicted molar refractivity (Wildman–Crippen MR) is 194 cm³/mol. The molecule has 0 saturated carbocycles. The van der Waals surface area contributed by atoms with E-state index in [1.54, 1.807) is 0 Å². The molecule has 0 aliphatic rings. The maximum Gasteiger partial charge on any atom is 0.502 e. The first kappa shape index (κ1) is 47.3. The van der Waals surface area contributed by atoms with Crippen LogP contribution in [-0.4, -0.2) is 76.7 Å². The van der Waals surface area contributed by atoms with Crippen molar-refractivity contribution in [1.82, 2.24) is 19.9 Å². The van der Waals surface area contributed by atoms with E-state index in [4.69, 9.17) is 55.9 Å². The number of rotatable bonds is 9. The van der Waals surface area contributed by atoms with Crippen molar-refractivity contribution in [1.29, 1.82) is 0 Å². The van der Waals surface area contributed by atoms with Crippen LogP contribution in [0.15, 0.2) is 69.5 Å². The molecule has 0 saturated heterocycles. The monoisotopic (exact) mass is 978 g/mol. The molecule has 2 heterocycles. The third-order valence-electron chi connectivity index (χ3n) is 6.97. The second kappa shape index (κ2) is 17.3. The van der Waals surface area contributed by atoms with Crippen molar-refractivity contribution in [2.75, 3.05) is 20.5 Å². The smallest absolute Gasteiger partial charge is 0.480 e. The number of sulfone groups is 3. The largest absolute Gasteiger partial charge is 0.502 e. The van der Waals surface area contributed by atoms with Gasteiger partial charge in [-0.2, -0.15) is 41.3 Å². The first-order valence-electron chi connectivity index (χ1n) is 14.8. The number of methoxy groups -OCH3 is 2. The minimum absolute atomic E-state index is 0.105. The first-order chi connectivity index (χ1) is 27.0. The van der Waals surface area contributed by atoms with Gasteiger partial charge < -0.3 is 14.2 Å². The number of ether oxygens (including phenoxy) is 3. The molecule has 5 aromatic rings. The van der Waals surface area contributed by atoms with Crippen molar-refractivity contribution in [3.63, 3.8) is 0 Å². The van der Waals surface area contributed by atoms with Crippen LogP contribution in [0.3, 0.4) is 0 Å². The van der Waals surface area contributed by atoms with Gasteiger partial charge in [-0.15, -0.1) is 0 Å². The van der Waals surface area contributed by atoms with E-state index in [1.807, 2.05) is 0 Å². The maximum atomic E-state index is 13.5. The van der Waals surface area contributed by atoms with Crippen molar-refractivity contribution in [3.8, 4) is 46.0 Å². The molecule has 2 aromatic heterocycles. The highest BCUT2D eigenvalue weighted by molar-refractivity contribution is 7.93. The molecule has 0 amide bonds. The van der Waals surface area contributed by atoms with E-state index < -0.39 is 96.3 Å². The Morgan fingerprint density at radius 1 is 0.576 bits per heavy atom. The van der Waals surface area contributed by atoms with Crippen LogP contribution in [0.2, 0.25) is 20.1 Å². The lowest BCUT2D eigenvalue weighted by Crippen LogP contribution is -2.26. The van der Waals surface area contributed by atoms with Crippen LogP contribution in [-0.2, 0) is 29.5 Å². The minimum Gasteiger partial charge on any atom is -0.480 e. The Kier molecular flexibility index (Phi) is 13.9. The molecule has 59 heavy (non-hydrogen) atoms. The summed E-state index contributed by atoms with van der Waals surface area (Å²) in [5.74, 6) is -4.91. The van der Waals surface area contributed by atoms with E-state index in [1.165, 1.54) is 12.1 Å². The lowest BCUT2D eigenvalue weighted by molar-refractivity contribution is -0.0443. The molecule has 318 valence electrons. The van der Waals surface area contributed by atoms with Crippen molar-refractivity contribution in [2.24, 2.45) is 0 Å². The summed E-state index contributed by atoms with van der Waals surface area (Å²) < 4.78 is 193.